The quantitative estimate of drug-likeness (QED) is 0.115. The molecule has 1 spiro atoms. The van der Waals surface area contributed by atoms with E-state index >= 15 is 8.78 Å². The molecule has 2 bridgehead atoms. The van der Waals surface area contributed by atoms with Crippen LogP contribution in [-0.4, -0.2) is 92.6 Å². The molecular weight excluding hydrogens is 811 g/mol. The van der Waals surface area contributed by atoms with Gasteiger partial charge in [0.15, 0.2) is 0 Å². The number of likely N-dealkylation sites (tertiary alicyclic amines) is 2. The van der Waals surface area contributed by atoms with Crippen LogP contribution in [0.25, 0.3) is 44.5 Å². The molecule has 16 heteroatoms. The Bertz CT molecular complexity index is 2690. The predicted octanol–water partition coefficient (Wildman–Crippen LogP) is 7.97. The average Bonchev–Trinajstić information content (AvgIpc) is 3.93. The van der Waals surface area contributed by atoms with Crippen molar-refractivity contribution in [2.45, 2.75) is 95.4 Å². The van der Waals surface area contributed by atoms with Gasteiger partial charge in [0, 0.05) is 29.3 Å². The fourth-order valence-electron chi connectivity index (χ4n) is 10.7. The zero-order chi connectivity index (χ0) is 44.1. The number of aromatic nitrogens is 4. The Hall–Kier alpha value is -6.32. The minimum Gasteiger partial charge on any atom is -0.453 e. The number of alkyl carbamates (subject to hydrolysis) is 2. The summed E-state index contributed by atoms with van der Waals surface area (Å²) in [5.74, 6) is -2.39. The lowest BCUT2D eigenvalue weighted by Gasteiger charge is -2.35. The maximum atomic E-state index is 16.6. The number of fused-ring (bicyclic) bond motifs is 6. The third-order valence-corrected chi connectivity index (χ3v) is 14.2. The van der Waals surface area contributed by atoms with Crippen molar-refractivity contribution in [2.24, 2.45) is 17.3 Å². The maximum Gasteiger partial charge on any atom is 0.407 e. The lowest BCUT2D eigenvalue weighted by atomic mass is 9.97. The summed E-state index contributed by atoms with van der Waals surface area (Å²) in [6.45, 7) is 5.95. The van der Waals surface area contributed by atoms with Gasteiger partial charge < -0.3 is 39.9 Å². The van der Waals surface area contributed by atoms with Gasteiger partial charge in [-0.15, -0.1) is 0 Å². The van der Waals surface area contributed by atoms with Crippen molar-refractivity contribution in [3.8, 4) is 33.5 Å². The van der Waals surface area contributed by atoms with E-state index in [9.17, 15) is 19.2 Å². The van der Waals surface area contributed by atoms with Crippen LogP contribution in [0.4, 0.5) is 18.4 Å². The second-order valence-electron chi connectivity index (χ2n) is 18.4. The van der Waals surface area contributed by atoms with Crippen LogP contribution in [0.5, 0.6) is 0 Å². The summed E-state index contributed by atoms with van der Waals surface area (Å²) in [5, 5.41) is 5.29. The predicted molar refractivity (Wildman–Crippen MR) is 228 cm³/mol. The Morgan fingerprint density at radius 2 is 1.49 bits per heavy atom. The first-order valence-corrected chi connectivity index (χ1v) is 21.7. The molecular formula is C47H50F2N8O6. The SMILES string of the molecule is COC(=O)N[C@@H](C)C(=O)N1C2CCC(C2)[C@H]1c1nc2ccc(-c3ccc4c(c3)C(F)(F)c3cc(-c5cnc([C@@H]6CC7(CC7)CN6C(=O)[C@@H](NC(=O)OC)C(C)C)[nH]5)ccc3-4)cc2[nH]1. The van der Waals surface area contributed by atoms with E-state index in [-0.39, 0.29) is 58.3 Å². The van der Waals surface area contributed by atoms with Crippen LogP contribution in [0, 0.1) is 17.3 Å². The first-order valence-electron chi connectivity index (χ1n) is 21.7. The van der Waals surface area contributed by atoms with E-state index in [1.165, 1.54) is 20.3 Å². The van der Waals surface area contributed by atoms with Crippen LogP contribution in [-0.2, 0) is 25.0 Å². The normalized spacial score (nSPS) is 23.2. The lowest BCUT2D eigenvalue weighted by molar-refractivity contribution is -0.138. The number of benzene rings is 3. The molecule has 2 saturated heterocycles. The van der Waals surface area contributed by atoms with Crippen LogP contribution in [0.3, 0.4) is 0 Å². The molecule has 6 atom stereocenters. The van der Waals surface area contributed by atoms with E-state index in [1.807, 2.05) is 49.1 Å². The molecule has 2 aromatic heterocycles. The number of methoxy groups -OCH3 is 2. The Labute approximate surface area is 362 Å². The Morgan fingerprint density at radius 3 is 2.19 bits per heavy atom. The highest BCUT2D eigenvalue weighted by atomic mass is 19.3. The minimum atomic E-state index is -3.28. The standard InChI is InChI=1S/C47H50F2N8O6/c1-23(2)38(55-45(61)63-5)43(59)56-22-46(14-15-46)20-37(56)40-50-21-36(54-40)27-8-12-31-30-11-7-25(17-32(30)47(48,49)33(31)18-27)26-9-13-34-35(19-26)53-41(52-34)39-28-6-10-29(16-28)57(39)42(58)24(3)51-44(60)62-4/h7-9,11-13,17-19,21,23-24,28-29,37-39H,6,10,14-16,20,22H2,1-5H3,(H,50,54)(H,51,60)(H,52,53)(H,55,61)/t24-,28?,29?,37-,38-,39-/m0/s1. The molecule has 2 unspecified atom stereocenters. The summed E-state index contributed by atoms with van der Waals surface area (Å²) in [6, 6.07) is 13.8. The summed E-state index contributed by atoms with van der Waals surface area (Å²) in [4.78, 5) is 71.7. The molecule has 10 rings (SSSR count). The van der Waals surface area contributed by atoms with Crippen LogP contribution in [0.1, 0.15) is 94.2 Å². The molecule has 4 fully saturated rings. The van der Waals surface area contributed by atoms with Gasteiger partial charge in [-0.25, -0.2) is 19.6 Å². The number of aromatic amines is 2. The van der Waals surface area contributed by atoms with Crippen LogP contribution in [0.15, 0.2) is 60.8 Å². The summed E-state index contributed by atoms with van der Waals surface area (Å²) in [5.41, 5.74) is 4.67. The fraction of sp³-hybridized carbons (Fsp3) is 0.447. The van der Waals surface area contributed by atoms with Gasteiger partial charge in [0.2, 0.25) is 11.8 Å². The maximum absolute atomic E-state index is 16.6. The third kappa shape index (κ3) is 6.79. The van der Waals surface area contributed by atoms with E-state index in [2.05, 4.69) is 20.6 Å². The van der Waals surface area contributed by atoms with Crippen molar-refractivity contribution in [1.82, 2.24) is 40.4 Å². The van der Waals surface area contributed by atoms with Crippen molar-refractivity contribution < 1.29 is 37.4 Å². The van der Waals surface area contributed by atoms with Gasteiger partial charge in [0.1, 0.15) is 23.7 Å². The molecule has 63 heavy (non-hydrogen) atoms. The molecule has 4 heterocycles. The number of imidazole rings is 2. The van der Waals surface area contributed by atoms with E-state index in [1.54, 1.807) is 36.2 Å². The van der Waals surface area contributed by atoms with E-state index in [0.717, 1.165) is 49.6 Å². The fourth-order valence-corrected chi connectivity index (χ4v) is 10.7. The Kier molecular flexibility index (Phi) is 9.64. The summed E-state index contributed by atoms with van der Waals surface area (Å²) >= 11 is 0. The summed E-state index contributed by atoms with van der Waals surface area (Å²) < 4.78 is 42.8. The van der Waals surface area contributed by atoms with Crippen molar-refractivity contribution >= 4 is 35.0 Å². The molecule has 5 aliphatic rings. The molecule has 0 radical (unpaired) electrons. The molecule has 328 valence electrons. The topological polar surface area (TPSA) is 175 Å². The number of hydrogen-bond donors (Lipinski definition) is 4. The van der Waals surface area contributed by atoms with Gasteiger partial charge in [0.25, 0.3) is 5.92 Å². The molecule has 3 aromatic carbocycles. The van der Waals surface area contributed by atoms with Crippen molar-refractivity contribution in [2.75, 3.05) is 20.8 Å². The zero-order valence-electron chi connectivity index (χ0n) is 35.8. The molecule has 2 saturated carbocycles. The number of nitrogens with zero attached hydrogens (tertiary/aromatic N) is 4. The van der Waals surface area contributed by atoms with E-state index in [0.29, 0.717) is 51.7 Å². The van der Waals surface area contributed by atoms with Crippen molar-refractivity contribution in [3.05, 3.63) is 83.6 Å². The van der Waals surface area contributed by atoms with Gasteiger partial charge in [0.05, 0.1) is 49.2 Å². The summed E-state index contributed by atoms with van der Waals surface area (Å²) in [7, 11) is 2.52. The highest BCUT2D eigenvalue weighted by Gasteiger charge is 2.55. The number of alkyl halides is 2. The molecule has 14 nitrogen and oxygen atoms in total. The number of ether oxygens (including phenoxy) is 2. The number of nitrogens with one attached hydrogen (secondary N) is 4. The number of H-pyrrole nitrogens is 2. The van der Waals surface area contributed by atoms with Crippen molar-refractivity contribution in [3.63, 3.8) is 0 Å². The largest absolute Gasteiger partial charge is 0.453 e. The highest BCUT2D eigenvalue weighted by molar-refractivity contribution is 5.89. The molecule has 2 aliphatic heterocycles. The van der Waals surface area contributed by atoms with Crippen molar-refractivity contribution in [1.29, 1.82) is 0 Å². The molecule has 4 N–H and O–H groups in total. The lowest BCUT2D eigenvalue weighted by Crippen LogP contribution is -2.51. The average molecular weight is 861 g/mol. The summed E-state index contributed by atoms with van der Waals surface area (Å²) in [6.07, 6.45) is 5.74. The monoisotopic (exact) mass is 860 g/mol. The number of carbonyl (C=O) groups is 4. The second kappa shape index (κ2) is 14.9. The number of piperidine rings is 1. The third-order valence-electron chi connectivity index (χ3n) is 14.2. The highest BCUT2D eigenvalue weighted by Crippen LogP contribution is 2.59. The van der Waals surface area contributed by atoms with Gasteiger partial charge >= 0.3 is 12.2 Å². The number of rotatable bonds is 9. The van der Waals surface area contributed by atoms with Gasteiger partial charge in [-0.05, 0) is 109 Å². The van der Waals surface area contributed by atoms with Crippen LogP contribution < -0.4 is 10.6 Å². The van der Waals surface area contributed by atoms with E-state index in [4.69, 9.17) is 19.4 Å². The number of hydrogen-bond acceptors (Lipinski definition) is 8. The number of amides is 4. The number of halogens is 2. The molecule has 5 aromatic rings. The van der Waals surface area contributed by atoms with Gasteiger partial charge in [-0.3, -0.25) is 9.59 Å². The first kappa shape index (κ1) is 40.7. The van der Waals surface area contributed by atoms with Gasteiger partial charge in [-0.2, -0.15) is 8.78 Å². The van der Waals surface area contributed by atoms with Crippen LogP contribution in [0.2, 0.25) is 0 Å². The van der Waals surface area contributed by atoms with E-state index < -0.39 is 30.2 Å². The molecule has 4 amide bonds. The second-order valence-corrected chi connectivity index (χ2v) is 18.4. The minimum absolute atomic E-state index is 0.0115. The number of carbonyl (C=O) groups excluding carboxylic acids is 4. The Morgan fingerprint density at radius 1 is 0.825 bits per heavy atom. The van der Waals surface area contributed by atoms with Crippen LogP contribution >= 0.6 is 0 Å². The van der Waals surface area contributed by atoms with Gasteiger partial charge in [-0.1, -0.05) is 44.2 Å². The molecule has 3 aliphatic carbocycles. The first-order chi connectivity index (χ1) is 30.2. The Balaban J connectivity index is 0.894. The zero-order valence-corrected chi connectivity index (χ0v) is 35.8. The smallest absolute Gasteiger partial charge is 0.407 e.